The SMILES string of the molecule is CCCCCCO[C@@H]1C=C[C@H](OCc2ccccc2)[C@@H](COCc2ccccc2)O1. The molecule has 1 heterocycles. The van der Waals surface area contributed by atoms with Gasteiger partial charge < -0.3 is 18.9 Å². The van der Waals surface area contributed by atoms with E-state index in [1.807, 2.05) is 42.5 Å². The molecule has 0 spiro atoms. The molecule has 3 rings (SSSR count). The molecule has 1 aliphatic heterocycles. The lowest BCUT2D eigenvalue weighted by Crippen LogP contribution is -2.41. The molecular formula is C26H34O4. The number of unbranched alkanes of at least 4 members (excludes halogenated alkanes) is 3. The average molecular weight is 411 g/mol. The Bertz CT molecular complexity index is 716. The summed E-state index contributed by atoms with van der Waals surface area (Å²) in [5.41, 5.74) is 2.29. The first-order chi connectivity index (χ1) is 14.8. The third-order valence-electron chi connectivity index (χ3n) is 5.09. The van der Waals surface area contributed by atoms with Crippen LogP contribution in [0.25, 0.3) is 0 Å². The highest BCUT2D eigenvalue weighted by atomic mass is 16.7. The van der Waals surface area contributed by atoms with Crippen molar-refractivity contribution in [3.05, 3.63) is 83.9 Å². The predicted octanol–water partition coefficient (Wildman–Crippen LogP) is 5.67. The van der Waals surface area contributed by atoms with E-state index in [9.17, 15) is 0 Å². The van der Waals surface area contributed by atoms with E-state index in [0.717, 1.165) is 17.5 Å². The first-order valence-electron chi connectivity index (χ1n) is 11.1. The molecule has 0 amide bonds. The molecule has 0 saturated carbocycles. The quantitative estimate of drug-likeness (QED) is 0.315. The molecule has 0 unspecified atom stereocenters. The standard InChI is InChI=1S/C26H34O4/c1-2-3-4-11-18-28-26-17-16-24(29-20-23-14-9-6-10-15-23)25(30-26)21-27-19-22-12-7-5-8-13-22/h5-10,12-17,24-26H,2-4,11,18-21H2,1H3/t24-,25+,26-/m0/s1. The minimum Gasteiger partial charge on any atom is -0.374 e. The molecule has 1 aliphatic rings. The Hall–Kier alpha value is -1.98. The lowest BCUT2D eigenvalue weighted by atomic mass is 10.1. The Balaban J connectivity index is 1.51. The van der Waals surface area contributed by atoms with Gasteiger partial charge in [0.05, 0.1) is 26.4 Å². The van der Waals surface area contributed by atoms with Gasteiger partial charge >= 0.3 is 0 Å². The molecule has 30 heavy (non-hydrogen) atoms. The summed E-state index contributed by atoms with van der Waals surface area (Å²) in [7, 11) is 0. The van der Waals surface area contributed by atoms with Crippen molar-refractivity contribution < 1.29 is 18.9 Å². The zero-order chi connectivity index (χ0) is 20.9. The van der Waals surface area contributed by atoms with Gasteiger partial charge in [0.2, 0.25) is 0 Å². The number of rotatable bonds is 13. The van der Waals surface area contributed by atoms with E-state index >= 15 is 0 Å². The number of hydrogen-bond acceptors (Lipinski definition) is 4. The van der Waals surface area contributed by atoms with E-state index < -0.39 is 0 Å². The molecule has 0 bridgehead atoms. The predicted molar refractivity (Wildman–Crippen MR) is 119 cm³/mol. The summed E-state index contributed by atoms with van der Waals surface area (Å²) >= 11 is 0. The lowest BCUT2D eigenvalue weighted by Gasteiger charge is -2.32. The Morgan fingerprint density at radius 3 is 2.17 bits per heavy atom. The summed E-state index contributed by atoms with van der Waals surface area (Å²) in [6.45, 7) is 4.47. The van der Waals surface area contributed by atoms with Crippen LogP contribution in [-0.2, 0) is 32.2 Å². The van der Waals surface area contributed by atoms with Crippen molar-refractivity contribution in [2.45, 2.75) is 64.3 Å². The molecule has 2 aromatic carbocycles. The smallest absolute Gasteiger partial charge is 0.177 e. The maximum absolute atomic E-state index is 6.17. The van der Waals surface area contributed by atoms with E-state index in [1.165, 1.54) is 19.3 Å². The van der Waals surface area contributed by atoms with Crippen molar-refractivity contribution in [1.29, 1.82) is 0 Å². The van der Waals surface area contributed by atoms with Crippen molar-refractivity contribution in [1.82, 2.24) is 0 Å². The number of hydrogen-bond donors (Lipinski definition) is 0. The summed E-state index contributed by atoms with van der Waals surface area (Å²) in [6.07, 6.45) is 8.03. The van der Waals surface area contributed by atoms with E-state index in [2.05, 4.69) is 37.3 Å². The fourth-order valence-electron chi connectivity index (χ4n) is 3.37. The van der Waals surface area contributed by atoms with Gasteiger partial charge in [0.25, 0.3) is 0 Å². The molecule has 0 radical (unpaired) electrons. The van der Waals surface area contributed by atoms with Crippen LogP contribution in [0.2, 0.25) is 0 Å². The first kappa shape index (κ1) is 22.7. The Morgan fingerprint density at radius 1 is 0.767 bits per heavy atom. The summed E-state index contributed by atoms with van der Waals surface area (Å²) in [4.78, 5) is 0. The summed E-state index contributed by atoms with van der Waals surface area (Å²) in [6, 6.07) is 20.4. The van der Waals surface area contributed by atoms with Gasteiger partial charge in [-0.3, -0.25) is 0 Å². The zero-order valence-corrected chi connectivity index (χ0v) is 18.0. The van der Waals surface area contributed by atoms with Crippen LogP contribution >= 0.6 is 0 Å². The number of benzene rings is 2. The molecule has 0 fully saturated rings. The van der Waals surface area contributed by atoms with Gasteiger partial charge in [-0.15, -0.1) is 0 Å². The maximum atomic E-state index is 6.17. The average Bonchev–Trinajstić information content (AvgIpc) is 2.80. The van der Waals surface area contributed by atoms with Crippen LogP contribution in [0, 0.1) is 0 Å². The van der Waals surface area contributed by atoms with Crippen LogP contribution in [0.15, 0.2) is 72.8 Å². The highest BCUT2D eigenvalue weighted by Crippen LogP contribution is 2.20. The topological polar surface area (TPSA) is 36.9 Å². The van der Waals surface area contributed by atoms with E-state index in [-0.39, 0.29) is 18.5 Å². The first-order valence-corrected chi connectivity index (χ1v) is 11.1. The second-order valence-electron chi connectivity index (χ2n) is 7.62. The third-order valence-corrected chi connectivity index (χ3v) is 5.09. The van der Waals surface area contributed by atoms with Crippen LogP contribution in [0.1, 0.15) is 43.7 Å². The Labute approximate surface area is 180 Å². The zero-order valence-electron chi connectivity index (χ0n) is 18.0. The van der Waals surface area contributed by atoms with Crippen molar-refractivity contribution >= 4 is 0 Å². The van der Waals surface area contributed by atoms with Crippen LogP contribution in [-0.4, -0.2) is 31.7 Å². The van der Waals surface area contributed by atoms with Gasteiger partial charge in [0, 0.05) is 0 Å². The minimum absolute atomic E-state index is 0.166. The van der Waals surface area contributed by atoms with E-state index in [4.69, 9.17) is 18.9 Å². The molecule has 4 nitrogen and oxygen atoms in total. The van der Waals surface area contributed by atoms with E-state index in [1.54, 1.807) is 0 Å². The molecule has 3 atom stereocenters. The van der Waals surface area contributed by atoms with Crippen LogP contribution in [0.3, 0.4) is 0 Å². The second kappa shape index (κ2) is 13.3. The molecule has 4 heteroatoms. The summed E-state index contributed by atoms with van der Waals surface area (Å²) in [5, 5.41) is 0. The molecule has 0 aromatic heterocycles. The summed E-state index contributed by atoms with van der Waals surface area (Å²) < 4.78 is 24.2. The third kappa shape index (κ3) is 8.04. The molecule has 0 saturated heterocycles. The van der Waals surface area contributed by atoms with Gasteiger partial charge in [0.1, 0.15) is 12.2 Å². The van der Waals surface area contributed by atoms with Crippen molar-refractivity contribution in [3.63, 3.8) is 0 Å². The Kier molecular flexibility index (Phi) is 10.1. The fraction of sp³-hybridized carbons (Fsp3) is 0.462. The van der Waals surface area contributed by atoms with Gasteiger partial charge in [-0.2, -0.15) is 0 Å². The van der Waals surface area contributed by atoms with Gasteiger partial charge in [0.15, 0.2) is 6.29 Å². The van der Waals surface area contributed by atoms with Crippen molar-refractivity contribution in [2.24, 2.45) is 0 Å². The molecular weight excluding hydrogens is 376 g/mol. The molecule has 2 aromatic rings. The van der Waals surface area contributed by atoms with Gasteiger partial charge in [-0.05, 0) is 23.6 Å². The highest BCUT2D eigenvalue weighted by Gasteiger charge is 2.28. The minimum atomic E-state index is -0.339. The van der Waals surface area contributed by atoms with Gasteiger partial charge in [-0.25, -0.2) is 0 Å². The fourth-order valence-corrected chi connectivity index (χ4v) is 3.37. The maximum Gasteiger partial charge on any atom is 0.177 e. The largest absolute Gasteiger partial charge is 0.374 e. The molecule has 0 N–H and O–H groups in total. The molecule has 0 aliphatic carbocycles. The van der Waals surface area contributed by atoms with Gasteiger partial charge in [-0.1, -0.05) is 92.9 Å². The number of ether oxygens (including phenoxy) is 4. The normalized spacial score (nSPS) is 21.0. The highest BCUT2D eigenvalue weighted by molar-refractivity contribution is 5.14. The molecule has 162 valence electrons. The van der Waals surface area contributed by atoms with Crippen LogP contribution in [0.4, 0.5) is 0 Å². The summed E-state index contributed by atoms with van der Waals surface area (Å²) in [5.74, 6) is 0. The van der Waals surface area contributed by atoms with Crippen LogP contribution < -0.4 is 0 Å². The van der Waals surface area contributed by atoms with Crippen molar-refractivity contribution in [2.75, 3.05) is 13.2 Å². The lowest BCUT2D eigenvalue weighted by molar-refractivity contribution is -0.195. The monoisotopic (exact) mass is 410 g/mol. The van der Waals surface area contributed by atoms with E-state index in [0.29, 0.717) is 26.4 Å². The van der Waals surface area contributed by atoms with Crippen molar-refractivity contribution in [3.8, 4) is 0 Å². The Morgan fingerprint density at radius 2 is 1.47 bits per heavy atom. The van der Waals surface area contributed by atoms with Crippen LogP contribution in [0.5, 0.6) is 0 Å². The second-order valence-corrected chi connectivity index (χ2v) is 7.62.